The standard InChI is InChI=1S/C6H5NO2S.CHF3O3S/c8-7(9)5-1-3-6(10)4-2-5;2-1(3,4)8(5,6)7/h1-4,10H;(H,5,6,7)/p+1. The summed E-state index contributed by atoms with van der Waals surface area (Å²) in [6.07, 6.45) is 0. The molecule has 0 unspecified atom stereocenters. The molecule has 0 saturated heterocycles. The third-order valence-electron chi connectivity index (χ3n) is 1.37. The Morgan fingerprint density at radius 2 is 1.56 bits per heavy atom. The summed E-state index contributed by atoms with van der Waals surface area (Å²) in [5, 5.41) is 10.1. The number of nitro groups is 1. The number of benzene rings is 1. The molecule has 1 aromatic rings. The first kappa shape index (κ1) is 16.7. The third-order valence-corrected chi connectivity index (χ3v) is 2.29. The maximum absolute atomic E-state index is 10.7. The molecule has 0 aliphatic carbocycles. The molecular formula is C7H7F3NO5S2+. The molecule has 11 heteroatoms. The van der Waals surface area contributed by atoms with Crippen molar-refractivity contribution in [2.45, 2.75) is 10.4 Å². The first-order valence-electron chi connectivity index (χ1n) is 3.95. The van der Waals surface area contributed by atoms with Crippen LogP contribution in [-0.4, -0.2) is 23.4 Å². The topological polar surface area (TPSA) is 97.5 Å². The molecule has 1 aromatic carbocycles. The van der Waals surface area contributed by atoms with Crippen LogP contribution < -0.4 is 0 Å². The minimum atomic E-state index is -5.84. The number of hydrogen-bond acceptors (Lipinski definition) is 4. The summed E-state index contributed by atoms with van der Waals surface area (Å²) in [6, 6.07) is 6.16. The Labute approximate surface area is 105 Å². The molecule has 0 atom stereocenters. The lowest BCUT2D eigenvalue weighted by Crippen LogP contribution is -2.21. The summed E-state index contributed by atoms with van der Waals surface area (Å²) < 4.78 is 57.5. The summed E-state index contributed by atoms with van der Waals surface area (Å²) in [7, 11) is -5.84. The van der Waals surface area contributed by atoms with E-state index in [9.17, 15) is 23.3 Å². The van der Waals surface area contributed by atoms with Crippen molar-refractivity contribution in [2.24, 2.45) is 0 Å². The number of nitro benzene ring substituents is 1. The molecule has 0 amide bonds. The zero-order valence-corrected chi connectivity index (χ0v) is 10.2. The molecule has 0 aliphatic rings. The van der Waals surface area contributed by atoms with Gasteiger partial charge < -0.3 is 0 Å². The van der Waals surface area contributed by atoms with Gasteiger partial charge in [-0.1, -0.05) is 0 Å². The van der Waals surface area contributed by atoms with Crippen LogP contribution in [0.5, 0.6) is 0 Å². The molecule has 0 aromatic heterocycles. The Balaban J connectivity index is 0.000000331. The Hall–Kier alpha value is -1.33. The van der Waals surface area contributed by atoms with E-state index < -0.39 is 20.5 Å². The highest BCUT2D eigenvalue weighted by atomic mass is 32.2. The fraction of sp³-hybridized carbons (Fsp3) is 0.143. The average Bonchev–Trinajstić information content (AvgIpc) is 2.16. The van der Waals surface area contributed by atoms with Crippen LogP contribution in [-0.2, 0) is 22.7 Å². The lowest BCUT2D eigenvalue weighted by molar-refractivity contribution is -0.384. The Morgan fingerprint density at radius 3 is 1.78 bits per heavy atom. The molecule has 0 spiro atoms. The van der Waals surface area contributed by atoms with Crippen molar-refractivity contribution < 1.29 is 31.1 Å². The molecule has 0 aliphatic heterocycles. The second-order valence-electron chi connectivity index (χ2n) is 2.72. The molecule has 0 bridgehead atoms. The SMILES string of the molecule is O=S(=O)(O)C(F)(F)F.O=[N+]([O-])c1ccc([SH2+])cc1. The number of hydrogen-bond donors (Lipinski definition) is 1. The maximum Gasteiger partial charge on any atom is 0.522 e. The van der Waals surface area contributed by atoms with Crippen molar-refractivity contribution in [3.05, 3.63) is 34.4 Å². The van der Waals surface area contributed by atoms with Crippen molar-refractivity contribution in [1.29, 1.82) is 0 Å². The largest absolute Gasteiger partial charge is 0.522 e. The number of alkyl halides is 3. The van der Waals surface area contributed by atoms with Crippen LogP contribution >= 0.6 is 0 Å². The van der Waals surface area contributed by atoms with Gasteiger partial charge in [-0.25, -0.2) is 0 Å². The summed E-state index contributed by atoms with van der Waals surface area (Å²) in [4.78, 5) is 10.5. The highest BCUT2D eigenvalue weighted by Crippen LogP contribution is 2.20. The molecule has 0 radical (unpaired) electrons. The van der Waals surface area contributed by atoms with E-state index in [-0.39, 0.29) is 5.69 Å². The summed E-state index contributed by atoms with van der Waals surface area (Å²) in [6.45, 7) is 0. The van der Waals surface area contributed by atoms with Gasteiger partial charge in [0.15, 0.2) is 4.90 Å². The van der Waals surface area contributed by atoms with Gasteiger partial charge >= 0.3 is 15.6 Å². The summed E-state index contributed by atoms with van der Waals surface area (Å²) in [5.74, 6) is 0. The van der Waals surface area contributed by atoms with Crippen LogP contribution in [0.3, 0.4) is 0 Å². The van der Waals surface area contributed by atoms with Crippen LogP contribution in [0.1, 0.15) is 0 Å². The Bertz CT molecular complexity index is 511. The normalized spacial score (nSPS) is 11.4. The smallest absolute Gasteiger partial charge is 0.279 e. The van der Waals surface area contributed by atoms with E-state index in [4.69, 9.17) is 13.0 Å². The quantitative estimate of drug-likeness (QED) is 0.278. The molecule has 0 fully saturated rings. The van der Waals surface area contributed by atoms with Crippen molar-refractivity contribution in [3.63, 3.8) is 0 Å². The van der Waals surface area contributed by atoms with Gasteiger partial charge in [-0.2, -0.15) is 21.6 Å². The average molecular weight is 306 g/mol. The highest BCUT2D eigenvalue weighted by molar-refractivity contribution is 7.86. The third kappa shape index (κ3) is 5.84. The van der Waals surface area contributed by atoms with Gasteiger partial charge in [0.05, 0.1) is 4.92 Å². The van der Waals surface area contributed by atoms with Gasteiger partial charge in [0, 0.05) is 12.1 Å². The zero-order valence-electron chi connectivity index (χ0n) is 8.38. The number of halogens is 3. The highest BCUT2D eigenvalue weighted by Gasteiger charge is 2.44. The maximum atomic E-state index is 10.7. The van der Waals surface area contributed by atoms with E-state index in [1.54, 1.807) is 12.1 Å². The summed E-state index contributed by atoms with van der Waals surface area (Å²) >= 11 is 3.22. The number of rotatable bonds is 1. The molecule has 6 nitrogen and oxygen atoms in total. The number of non-ortho nitro benzene ring substituents is 1. The van der Waals surface area contributed by atoms with Gasteiger partial charge in [0.25, 0.3) is 5.69 Å². The fourth-order valence-corrected chi connectivity index (χ4v) is 0.750. The monoisotopic (exact) mass is 306 g/mol. The predicted molar refractivity (Wildman–Crippen MR) is 59.1 cm³/mol. The number of nitrogens with zero attached hydrogens (tertiary/aromatic N) is 1. The second kappa shape index (κ2) is 6.02. The lowest BCUT2D eigenvalue weighted by Gasteiger charge is -1.97. The Kier molecular flexibility index (Phi) is 5.57. The molecule has 1 rings (SSSR count). The second-order valence-corrected chi connectivity index (χ2v) is 4.72. The fourth-order valence-electron chi connectivity index (χ4n) is 0.583. The van der Waals surface area contributed by atoms with Crippen LogP contribution in [0, 0.1) is 10.1 Å². The van der Waals surface area contributed by atoms with Gasteiger partial charge in [0.2, 0.25) is 0 Å². The van der Waals surface area contributed by atoms with E-state index in [0.717, 1.165) is 4.90 Å². The summed E-state index contributed by atoms with van der Waals surface area (Å²) in [5.41, 5.74) is -5.42. The molecule has 1 N–H and O–H groups in total. The molecule has 0 heterocycles. The van der Waals surface area contributed by atoms with Gasteiger partial charge in [-0.05, 0) is 24.8 Å². The predicted octanol–water partition coefficient (Wildman–Crippen LogP) is 1.36. The van der Waals surface area contributed by atoms with Gasteiger partial charge in [0.1, 0.15) is 0 Å². The van der Waals surface area contributed by atoms with E-state index >= 15 is 0 Å². The lowest BCUT2D eigenvalue weighted by atomic mass is 10.3. The molecule has 18 heavy (non-hydrogen) atoms. The van der Waals surface area contributed by atoms with Gasteiger partial charge in [-0.15, -0.1) is 0 Å². The van der Waals surface area contributed by atoms with Crippen molar-refractivity contribution >= 4 is 28.4 Å². The van der Waals surface area contributed by atoms with Crippen LogP contribution in [0.25, 0.3) is 0 Å². The van der Waals surface area contributed by atoms with E-state index in [1.807, 2.05) is 0 Å². The van der Waals surface area contributed by atoms with Gasteiger partial charge in [-0.3, -0.25) is 14.7 Å². The van der Waals surface area contributed by atoms with Crippen molar-refractivity contribution in [2.75, 3.05) is 0 Å². The molecular weight excluding hydrogens is 299 g/mol. The van der Waals surface area contributed by atoms with Crippen molar-refractivity contribution in [3.8, 4) is 0 Å². The van der Waals surface area contributed by atoms with Crippen molar-refractivity contribution in [1.82, 2.24) is 0 Å². The minimum Gasteiger partial charge on any atom is -0.279 e. The van der Waals surface area contributed by atoms with Crippen LogP contribution in [0.2, 0.25) is 0 Å². The minimum absolute atomic E-state index is 0.113. The van der Waals surface area contributed by atoms with E-state index in [1.165, 1.54) is 12.1 Å². The first-order valence-corrected chi connectivity index (χ1v) is 5.89. The van der Waals surface area contributed by atoms with E-state index in [0.29, 0.717) is 0 Å². The van der Waals surface area contributed by atoms with E-state index in [2.05, 4.69) is 12.6 Å². The van der Waals surface area contributed by atoms with Crippen LogP contribution in [0.15, 0.2) is 29.2 Å². The van der Waals surface area contributed by atoms with Crippen LogP contribution in [0.4, 0.5) is 18.9 Å². The Morgan fingerprint density at radius 1 is 1.22 bits per heavy atom. The molecule has 0 saturated carbocycles. The molecule has 102 valence electrons. The first-order chi connectivity index (χ1) is 7.95. The zero-order chi connectivity index (χ0) is 14.6.